The van der Waals surface area contributed by atoms with E-state index >= 15 is 0 Å². The summed E-state index contributed by atoms with van der Waals surface area (Å²) in [6.07, 6.45) is 3.18. The third kappa shape index (κ3) is 6.06. The molecule has 0 N–H and O–H groups in total. The smallest absolute Gasteiger partial charge is 0.163 e. The van der Waals surface area contributed by atoms with Gasteiger partial charge in [-0.15, -0.1) is 11.3 Å². The van der Waals surface area contributed by atoms with Crippen molar-refractivity contribution in [2.45, 2.75) is 12.3 Å². The molecule has 9 aromatic carbocycles. The first kappa shape index (κ1) is 35.4. The molecule has 0 fully saturated rings. The van der Waals surface area contributed by atoms with E-state index in [2.05, 4.69) is 170 Å². The van der Waals surface area contributed by atoms with Crippen molar-refractivity contribution >= 4 is 65.4 Å². The molecule has 11 aromatic rings. The lowest BCUT2D eigenvalue weighted by molar-refractivity contribution is 0.757. The Hall–Kier alpha value is -7.53. The molecule has 61 heavy (non-hydrogen) atoms. The van der Waals surface area contributed by atoms with Crippen LogP contribution < -0.4 is 0 Å². The fourth-order valence-electron chi connectivity index (χ4n) is 9.52. The molecular weight excluding hydrogens is 759 g/mol. The Morgan fingerprint density at radius 3 is 1.48 bits per heavy atom. The summed E-state index contributed by atoms with van der Waals surface area (Å²) in [7, 11) is 0. The number of rotatable bonds is 6. The van der Waals surface area contributed by atoms with Crippen LogP contribution in [0.2, 0.25) is 0 Å². The predicted molar refractivity (Wildman–Crippen MR) is 257 cm³/mol. The number of hydrogen-bond acceptors (Lipinski definition) is 4. The molecule has 0 spiro atoms. The molecular formula is C57H37N3S. The molecule has 1 unspecified atom stereocenters. The number of thiophene rings is 1. The Kier molecular flexibility index (Phi) is 8.50. The van der Waals surface area contributed by atoms with Crippen LogP contribution in [0.1, 0.15) is 34.2 Å². The molecule has 1 aliphatic rings. The van der Waals surface area contributed by atoms with E-state index in [9.17, 15) is 0 Å². The van der Waals surface area contributed by atoms with Gasteiger partial charge >= 0.3 is 0 Å². The normalized spacial score (nSPS) is 13.8. The van der Waals surface area contributed by atoms with E-state index in [4.69, 9.17) is 15.0 Å². The molecule has 12 rings (SSSR count). The first-order chi connectivity index (χ1) is 30.2. The summed E-state index contributed by atoms with van der Waals surface area (Å²) >= 11 is 1.85. The van der Waals surface area contributed by atoms with Crippen LogP contribution in [0.25, 0.3) is 99.1 Å². The minimum absolute atomic E-state index is 0.0917. The average molecular weight is 796 g/mol. The SMILES string of the molecule is C1=C(c2ccccc2-c2ccccc2-c2ccc3c4ccccc4c4ccccc4c3c2)CC(c2nc(-c3ccccc3)nc(-c3ccccc3)n2)c2c1sc1ccccc21. The molecule has 0 radical (unpaired) electrons. The van der Waals surface area contributed by atoms with Gasteiger partial charge in [0.25, 0.3) is 0 Å². The number of nitrogens with zero attached hydrogens (tertiary/aromatic N) is 3. The summed E-state index contributed by atoms with van der Waals surface area (Å²) in [4.78, 5) is 17.0. The van der Waals surface area contributed by atoms with Gasteiger partial charge in [-0.1, -0.05) is 188 Å². The number of allylic oxidation sites excluding steroid dienone is 1. The summed E-state index contributed by atoms with van der Waals surface area (Å²) < 4.78 is 1.27. The van der Waals surface area contributed by atoms with E-state index in [0.29, 0.717) is 11.6 Å². The number of aromatic nitrogens is 3. The molecule has 3 nitrogen and oxygen atoms in total. The van der Waals surface area contributed by atoms with Gasteiger partial charge in [-0.25, -0.2) is 15.0 Å². The molecule has 1 atom stereocenters. The van der Waals surface area contributed by atoms with E-state index in [1.54, 1.807) is 0 Å². The van der Waals surface area contributed by atoms with E-state index in [0.717, 1.165) is 23.4 Å². The third-order valence-corrected chi connectivity index (χ3v) is 13.4. The molecule has 4 heteroatoms. The number of fused-ring (bicyclic) bond motifs is 9. The van der Waals surface area contributed by atoms with Crippen LogP contribution in [0, 0.1) is 0 Å². The second-order valence-corrected chi connectivity index (χ2v) is 16.9. The lowest BCUT2D eigenvalue weighted by Crippen LogP contribution is -2.13. The molecule has 0 saturated heterocycles. The fourth-order valence-corrected chi connectivity index (χ4v) is 10.8. The number of benzene rings is 9. The van der Waals surface area contributed by atoms with Gasteiger partial charge in [0.05, 0.1) is 5.92 Å². The van der Waals surface area contributed by atoms with Gasteiger partial charge in [0, 0.05) is 20.7 Å². The van der Waals surface area contributed by atoms with Gasteiger partial charge in [0.2, 0.25) is 0 Å². The van der Waals surface area contributed by atoms with Crippen LogP contribution in [0.5, 0.6) is 0 Å². The van der Waals surface area contributed by atoms with E-state index in [1.807, 2.05) is 47.7 Å². The van der Waals surface area contributed by atoms with Crippen LogP contribution in [0.15, 0.2) is 200 Å². The van der Waals surface area contributed by atoms with Crippen molar-refractivity contribution in [3.63, 3.8) is 0 Å². The molecule has 2 heterocycles. The Morgan fingerprint density at radius 2 is 0.852 bits per heavy atom. The molecule has 1 aliphatic carbocycles. The summed E-state index contributed by atoms with van der Waals surface area (Å²) in [6.45, 7) is 0. The fraction of sp³-hybridized carbons (Fsp3) is 0.0351. The quantitative estimate of drug-likeness (QED) is 0.157. The maximum Gasteiger partial charge on any atom is 0.163 e. The minimum Gasteiger partial charge on any atom is -0.212 e. The van der Waals surface area contributed by atoms with Crippen LogP contribution in [-0.4, -0.2) is 15.0 Å². The zero-order valence-corrected chi connectivity index (χ0v) is 34.0. The van der Waals surface area contributed by atoms with Crippen molar-refractivity contribution in [3.8, 4) is 45.0 Å². The summed E-state index contributed by atoms with van der Waals surface area (Å²) in [5.74, 6) is 2.07. The largest absolute Gasteiger partial charge is 0.212 e. The van der Waals surface area contributed by atoms with Gasteiger partial charge in [-0.05, 0) is 101 Å². The van der Waals surface area contributed by atoms with Crippen molar-refractivity contribution in [1.82, 2.24) is 15.0 Å². The topological polar surface area (TPSA) is 38.7 Å². The molecule has 286 valence electrons. The lowest BCUT2D eigenvalue weighted by Gasteiger charge is -2.25. The molecule has 2 aromatic heterocycles. The lowest BCUT2D eigenvalue weighted by atomic mass is 9.80. The zero-order valence-electron chi connectivity index (χ0n) is 33.2. The molecule has 0 aliphatic heterocycles. The third-order valence-electron chi connectivity index (χ3n) is 12.3. The second-order valence-electron chi connectivity index (χ2n) is 15.8. The van der Waals surface area contributed by atoms with Crippen molar-refractivity contribution in [2.75, 3.05) is 0 Å². The Morgan fingerprint density at radius 1 is 0.377 bits per heavy atom. The van der Waals surface area contributed by atoms with E-state index in [-0.39, 0.29) is 5.92 Å². The van der Waals surface area contributed by atoms with E-state index < -0.39 is 0 Å². The highest BCUT2D eigenvalue weighted by Gasteiger charge is 2.31. The Labute approximate surface area is 358 Å². The minimum atomic E-state index is -0.0917. The summed E-state index contributed by atoms with van der Waals surface area (Å²) in [5, 5.41) is 8.94. The van der Waals surface area contributed by atoms with Crippen LogP contribution in [0.4, 0.5) is 0 Å². The number of hydrogen-bond donors (Lipinski definition) is 0. The van der Waals surface area contributed by atoms with Crippen molar-refractivity contribution in [2.24, 2.45) is 0 Å². The predicted octanol–water partition coefficient (Wildman–Crippen LogP) is 15.3. The van der Waals surface area contributed by atoms with Crippen molar-refractivity contribution in [1.29, 1.82) is 0 Å². The average Bonchev–Trinajstić information content (AvgIpc) is 3.73. The van der Waals surface area contributed by atoms with E-state index in [1.165, 1.54) is 86.2 Å². The molecule has 0 saturated carbocycles. The van der Waals surface area contributed by atoms with Crippen LogP contribution in [0.3, 0.4) is 0 Å². The Bertz CT molecular complexity index is 3420. The zero-order chi connectivity index (χ0) is 40.3. The van der Waals surface area contributed by atoms with Crippen molar-refractivity contribution in [3.05, 3.63) is 222 Å². The highest BCUT2D eigenvalue weighted by molar-refractivity contribution is 7.20. The first-order valence-electron chi connectivity index (χ1n) is 20.9. The van der Waals surface area contributed by atoms with Crippen LogP contribution in [-0.2, 0) is 0 Å². The van der Waals surface area contributed by atoms with Gasteiger partial charge in [0.1, 0.15) is 5.82 Å². The summed E-state index contributed by atoms with van der Waals surface area (Å²) in [5.41, 5.74) is 10.6. The van der Waals surface area contributed by atoms with Crippen molar-refractivity contribution < 1.29 is 0 Å². The van der Waals surface area contributed by atoms with Gasteiger partial charge in [0.15, 0.2) is 11.6 Å². The first-order valence-corrected chi connectivity index (χ1v) is 21.7. The second kappa shape index (κ2) is 14.6. The Balaban J connectivity index is 1.03. The molecule has 0 amide bonds. The summed E-state index contributed by atoms with van der Waals surface area (Å²) in [6, 6.07) is 71.8. The maximum atomic E-state index is 5.32. The standard InChI is InChI=1S/C57H37N3S/c1-3-17-36(18-4-1)55-58-56(37-19-5-2-6-20-37)60-57(59-55)51-34-39(35-53-54(51)49-29-15-16-30-52(49)61-53)41-22-8-10-24-43(41)42-23-9-7-21-40(42)38-31-32-48-46-27-12-11-25-44(46)45-26-13-14-28-47(45)50(48)33-38/h1-33,35,51H,34H2. The molecule has 0 bridgehead atoms. The van der Waals surface area contributed by atoms with Gasteiger partial charge < -0.3 is 0 Å². The van der Waals surface area contributed by atoms with Gasteiger partial charge in [-0.2, -0.15) is 0 Å². The van der Waals surface area contributed by atoms with Gasteiger partial charge in [-0.3, -0.25) is 0 Å². The highest BCUT2D eigenvalue weighted by Crippen LogP contribution is 2.50. The monoisotopic (exact) mass is 795 g/mol. The highest BCUT2D eigenvalue weighted by atomic mass is 32.1. The van der Waals surface area contributed by atoms with Crippen LogP contribution >= 0.6 is 11.3 Å². The maximum absolute atomic E-state index is 5.32.